The van der Waals surface area contributed by atoms with Crippen LogP contribution in [0, 0.1) is 0 Å². The molecular weight excluding hydrogens is 302 g/mol. The first kappa shape index (κ1) is 15.9. The van der Waals surface area contributed by atoms with Gasteiger partial charge in [0.2, 0.25) is 5.91 Å². The number of Topliss-reactive ketones (excluding diaryl/α,β-unsaturated/α-hetero) is 1. The zero-order chi connectivity index (χ0) is 16.9. The Kier molecular flexibility index (Phi) is 4.70. The van der Waals surface area contributed by atoms with E-state index in [0.29, 0.717) is 12.1 Å². The average Bonchev–Trinajstić information content (AvgIpc) is 3.02. The molecule has 1 N–H and O–H groups in total. The Balaban J connectivity index is 1.55. The Bertz CT molecular complexity index is 822. The van der Waals surface area contributed by atoms with Crippen molar-refractivity contribution < 1.29 is 9.59 Å². The average molecular weight is 321 g/mol. The van der Waals surface area contributed by atoms with Crippen LogP contribution in [0.25, 0.3) is 11.0 Å². The van der Waals surface area contributed by atoms with E-state index in [4.69, 9.17) is 0 Å². The maximum Gasteiger partial charge on any atom is 0.223 e. The maximum absolute atomic E-state index is 12.2. The Morgan fingerprint density at radius 3 is 2.46 bits per heavy atom. The molecule has 0 bridgehead atoms. The normalized spacial score (nSPS) is 10.7. The van der Waals surface area contributed by atoms with E-state index in [1.165, 1.54) is 0 Å². The number of fused-ring (bicyclic) bond motifs is 1. The molecule has 2 aromatic carbocycles. The predicted molar refractivity (Wildman–Crippen MR) is 92.6 cm³/mol. The van der Waals surface area contributed by atoms with Crippen molar-refractivity contribution in [2.45, 2.75) is 19.4 Å². The van der Waals surface area contributed by atoms with Gasteiger partial charge in [-0.25, -0.2) is 4.98 Å². The number of nitrogens with zero attached hydrogens (tertiary/aromatic N) is 2. The van der Waals surface area contributed by atoms with Gasteiger partial charge in [0.25, 0.3) is 0 Å². The van der Waals surface area contributed by atoms with Crippen molar-refractivity contribution in [3.05, 3.63) is 66.0 Å². The summed E-state index contributed by atoms with van der Waals surface area (Å²) in [6.45, 7) is 0.396. The lowest BCUT2D eigenvalue weighted by Gasteiger charge is -2.15. The molecule has 122 valence electrons. The van der Waals surface area contributed by atoms with Crippen LogP contribution >= 0.6 is 0 Å². The molecule has 3 rings (SSSR count). The third-order valence-corrected chi connectivity index (χ3v) is 3.91. The fraction of sp³-hybridized carbons (Fsp3) is 0.211. The van der Waals surface area contributed by atoms with Gasteiger partial charge in [-0.05, 0) is 12.1 Å². The first-order valence-electron chi connectivity index (χ1n) is 7.89. The Morgan fingerprint density at radius 1 is 1.00 bits per heavy atom. The van der Waals surface area contributed by atoms with E-state index in [1.54, 1.807) is 24.1 Å². The highest BCUT2D eigenvalue weighted by molar-refractivity contribution is 5.97. The lowest BCUT2D eigenvalue weighted by Crippen LogP contribution is -2.27. The fourth-order valence-corrected chi connectivity index (χ4v) is 2.57. The number of amides is 1. The second-order valence-corrected chi connectivity index (χ2v) is 5.74. The van der Waals surface area contributed by atoms with Gasteiger partial charge in [-0.3, -0.25) is 9.59 Å². The van der Waals surface area contributed by atoms with Gasteiger partial charge >= 0.3 is 0 Å². The highest BCUT2D eigenvalue weighted by Gasteiger charge is 2.14. The van der Waals surface area contributed by atoms with E-state index in [0.717, 1.165) is 16.9 Å². The Labute approximate surface area is 140 Å². The third-order valence-electron chi connectivity index (χ3n) is 3.91. The zero-order valence-electron chi connectivity index (χ0n) is 13.5. The topological polar surface area (TPSA) is 66.1 Å². The highest BCUT2D eigenvalue weighted by Crippen LogP contribution is 2.12. The molecule has 0 aliphatic heterocycles. The lowest BCUT2D eigenvalue weighted by molar-refractivity contribution is -0.130. The molecule has 0 unspecified atom stereocenters. The summed E-state index contributed by atoms with van der Waals surface area (Å²) in [5.41, 5.74) is 2.48. The van der Waals surface area contributed by atoms with E-state index in [2.05, 4.69) is 9.97 Å². The van der Waals surface area contributed by atoms with Crippen LogP contribution in [0.1, 0.15) is 29.0 Å². The molecule has 0 atom stereocenters. The predicted octanol–water partition coefficient (Wildman–Crippen LogP) is 3.18. The number of carbonyl (C=O) groups excluding carboxylic acids is 2. The number of imidazole rings is 1. The molecule has 0 spiro atoms. The van der Waals surface area contributed by atoms with E-state index in [-0.39, 0.29) is 24.5 Å². The summed E-state index contributed by atoms with van der Waals surface area (Å²) in [5.74, 6) is 0.655. The summed E-state index contributed by atoms with van der Waals surface area (Å²) in [4.78, 5) is 33.5. The smallest absolute Gasteiger partial charge is 0.223 e. The number of carbonyl (C=O) groups is 2. The molecule has 0 aliphatic carbocycles. The number of aromatic nitrogens is 2. The molecule has 5 heteroatoms. The van der Waals surface area contributed by atoms with Gasteiger partial charge in [0.05, 0.1) is 17.6 Å². The molecule has 3 aromatic rings. The molecular formula is C19H19N3O2. The maximum atomic E-state index is 12.2. The number of hydrogen-bond acceptors (Lipinski definition) is 3. The summed E-state index contributed by atoms with van der Waals surface area (Å²) in [6.07, 6.45) is 0.414. The van der Waals surface area contributed by atoms with Crippen LogP contribution in [0.3, 0.4) is 0 Å². The monoisotopic (exact) mass is 321 g/mol. The second kappa shape index (κ2) is 7.08. The largest absolute Gasteiger partial charge is 0.340 e. The molecule has 0 saturated carbocycles. The van der Waals surface area contributed by atoms with E-state index >= 15 is 0 Å². The van der Waals surface area contributed by atoms with Crippen LogP contribution in [0.5, 0.6) is 0 Å². The first-order valence-corrected chi connectivity index (χ1v) is 7.89. The van der Waals surface area contributed by atoms with Gasteiger partial charge < -0.3 is 9.88 Å². The summed E-state index contributed by atoms with van der Waals surface area (Å²) >= 11 is 0. The highest BCUT2D eigenvalue weighted by atomic mass is 16.2. The number of para-hydroxylation sites is 2. The molecule has 1 amide bonds. The number of benzene rings is 2. The van der Waals surface area contributed by atoms with E-state index in [1.807, 2.05) is 42.5 Å². The number of aromatic amines is 1. The molecule has 1 aromatic heterocycles. The van der Waals surface area contributed by atoms with Gasteiger partial charge in [0.1, 0.15) is 5.82 Å². The molecule has 24 heavy (non-hydrogen) atoms. The van der Waals surface area contributed by atoms with Crippen molar-refractivity contribution in [3.8, 4) is 0 Å². The van der Waals surface area contributed by atoms with Gasteiger partial charge in [0, 0.05) is 25.5 Å². The molecule has 1 heterocycles. The van der Waals surface area contributed by atoms with Gasteiger partial charge in [-0.1, -0.05) is 42.5 Å². The minimum absolute atomic E-state index is 0.0129. The molecule has 0 fully saturated rings. The van der Waals surface area contributed by atoms with Crippen molar-refractivity contribution in [2.24, 2.45) is 0 Å². The molecule has 5 nitrogen and oxygen atoms in total. The summed E-state index contributed by atoms with van der Waals surface area (Å²) in [5, 5.41) is 0. The van der Waals surface area contributed by atoms with Crippen LogP contribution in [0.15, 0.2) is 54.6 Å². The van der Waals surface area contributed by atoms with Crippen molar-refractivity contribution in [1.82, 2.24) is 14.9 Å². The second-order valence-electron chi connectivity index (χ2n) is 5.74. The van der Waals surface area contributed by atoms with Crippen LogP contribution in [0.2, 0.25) is 0 Å². The summed E-state index contributed by atoms with van der Waals surface area (Å²) in [7, 11) is 1.72. The molecule has 0 radical (unpaired) electrons. The lowest BCUT2D eigenvalue weighted by atomic mass is 10.1. The summed E-state index contributed by atoms with van der Waals surface area (Å²) in [6, 6.07) is 16.8. The molecule has 0 aliphatic rings. The number of H-pyrrole nitrogens is 1. The van der Waals surface area contributed by atoms with Crippen molar-refractivity contribution in [2.75, 3.05) is 7.05 Å². The van der Waals surface area contributed by atoms with E-state index in [9.17, 15) is 9.59 Å². The Morgan fingerprint density at radius 2 is 1.71 bits per heavy atom. The van der Waals surface area contributed by atoms with Crippen molar-refractivity contribution in [1.29, 1.82) is 0 Å². The third kappa shape index (κ3) is 3.68. The number of hydrogen-bond donors (Lipinski definition) is 1. The zero-order valence-corrected chi connectivity index (χ0v) is 13.5. The van der Waals surface area contributed by atoms with Gasteiger partial charge in [-0.2, -0.15) is 0 Å². The number of ketones is 1. The number of nitrogens with one attached hydrogen (secondary N) is 1. The van der Waals surface area contributed by atoms with Gasteiger partial charge in [0.15, 0.2) is 5.78 Å². The minimum Gasteiger partial charge on any atom is -0.340 e. The molecule has 0 saturated heterocycles. The van der Waals surface area contributed by atoms with Crippen LogP contribution in [-0.2, 0) is 11.3 Å². The standard InChI is InChI=1S/C19H19N3O2/c1-22(13-18-20-15-9-5-6-10-16(15)21-18)19(24)12-11-17(23)14-7-3-2-4-8-14/h2-10H,11-13H2,1H3,(H,20,21). The minimum atomic E-state index is -0.0697. The SMILES string of the molecule is CN(Cc1nc2ccccc2[nH]1)C(=O)CCC(=O)c1ccccc1. The van der Waals surface area contributed by atoms with E-state index < -0.39 is 0 Å². The fourth-order valence-electron chi connectivity index (χ4n) is 2.57. The quantitative estimate of drug-likeness (QED) is 0.709. The Hall–Kier alpha value is -2.95. The van der Waals surface area contributed by atoms with Gasteiger partial charge in [-0.15, -0.1) is 0 Å². The van der Waals surface area contributed by atoms with Crippen molar-refractivity contribution in [3.63, 3.8) is 0 Å². The van der Waals surface area contributed by atoms with Crippen molar-refractivity contribution >= 4 is 22.7 Å². The summed E-state index contributed by atoms with van der Waals surface area (Å²) < 4.78 is 0. The van der Waals surface area contributed by atoms with Crippen LogP contribution in [0.4, 0.5) is 0 Å². The van der Waals surface area contributed by atoms with Crippen LogP contribution in [-0.4, -0.2) is 33.6 Å². The number of rotatable bonds is 6. The first-order chi connectivity index (χ1) is 11.6. The van der Waals surface area contributed by atoms with Crippen LogP contribution < -0.4 is 0 Å².